The number of carbonyl (C=O) groups is 1. The number of likely N-dealkylation sites (tertiary alicyclic amines) is 1. The summed E-state index contributed by atoms with van der Waals surface area (Å²) in [4.78, 5) is 13.9. The Bertz CT molecular complexity index is 200. The predicted molar refractivity (Wildman–Crippen MR) is 68.8 cm³/mol. The van der Waals surface area contributed by atoms with Crippen LogP contribution in [0.5, 0.6) is 0 Å². The molecule has 0 aliphatic carbocycles. The van der Waals surface area contributed by atoms with E-state index in [9.17, 15) is 4.79 Å². The Morgan fingerprint density at radius 2 is 2.00 bits per heavy atom. The molecular weight excluding hydrogens is 222 g/mol. The Morgan fingerprint density at radius 1 is 1.31 bits per heavy atom. The number of carbonyl (C=O) groups excluding carboxylic acids is 1. The maximum absolute atomic E-state index is 11.8. The standard InChI is InChI=1S/C13H24ClNO/c1-2-5-12-7-10-15(11-8-12)13(16)6-3-4-9-14/h12H,2-11H2,1H3. The van der Waals surface area contributed by atoms with Gasteiger partial charge in [-0.25, -0.2) is 0 Å². The van der Waals surface area contributed by atoms with Crippen molar-refractivity contribution in [3.8, 4) is 0 Å². The fraction of sp³-hybridized carbons (Fsp3) is 0.923. The van der Waals surface area contributed by atoms with Gasteiger partial charge in [0.2, 0.25) is 5.91 Å². The number of piperidine rings is 1. The van der Waals surface area contributed by atoms with E-state index in [2.05, 4.69) is 6.92 Å². The van der Waals surface area contributed by atoms with Crippen molar-refractivity contribution in [3.63, 3.8) is 0 Å². The lowest BCUT2D eigenvalue weighted by molar-refractivity contribution is -0.132. The molecule has 1 saturated heterocycles. The average Bonchev–Trinajstić information content (AvgIpc) is 2.30. The van der Waals surface area contributed by atoms with E-state index in [0.717, 1.165) is 31.8 Å². The first-order chi connectivity index (χ1) is 7.77. The molecule has 1 aliphatic rings. The van der Waals surface area contributed by atoms with Gasteiger partial charge in [-0.3, -0.25) is 4.79 Å². The van der Waals surface area contributed by atoms with E-state index >= 15 is 0 Å². The Labute approximate surface area is 104 Å². The molecule has 0 aromatic carbocycles. The number of rotatable bonds is 6. The molecule has 1 aliphatic heterocycles. The number of amides is 1. The number of hydrogen-bond donors (Lipinski definition) is 0. The molecule has 16 heavy (non-hydrogen) atoms. The largest absolute Gasteiger partial charge is 0.343 e. The van der Waals surface area contributed by atoms with E-state index in [0.29, 0.717) is 18.2 Å². The summed E-state index contributed by atoms with van der Waals surface area (Å²) < 4.78 is 0. The maximum Gasteiger partial charge on any atom is 0.222 e. The Hall–Kier alpha value is -0.240. The quantitative estimate of drug-likeness (QED) is 0.519. The molecule has 0 unspecified atom stereocenters. The van der Waals surface area contributed by atoms with Crippen molar-refractivity contribution in [2.75, 3.05) is 19.0 Å². The highest BCUT2D eigenvalue weighted by atomic mass is 35.5. The molecule has 94 valence electrons. The van der Waals surface area contributed by atoms with Crippen LogP contribution in [0.4, 0.5) is 0 Å². The maximum atomic E-state index is 11.8. The summed E-state index contributed by atoms with van der Waals surface area (Å²) in [7, 11) is 0. The van der Waals surface area contributed by atoms with Crippen LogP contribution in [0, 0.1) is 5.92 Å². The lowest BCUT2D eigenvalue weighted by Gasteiger charge is -2.32. The summed E-state index contributed by atoms with van der Waals surface area (Å²) in [5.41, 5.74) is 0. The van der Waals surface area contributed by atoms with Gasteiger partial charge in [0.25, 0.3) is 0 Å². The number of halogens is 1. The minimum absolute atomic E-state index is 0.333. The fourth-order valence-electron chi connectivity index (χ4n) is 2.41. The van der Waals surface area contributed by atoms with Crippen LogP contribution in [0.25, 0.3) is 0 Å². The number of alkyl halides is 1. The second kappa shape index (κ2) is 7.94. The Morgan fingerprint density at radius 3 is 2.56 bits per heavy atom. The molecular formula is C13H24ClNO. The first-order valence-electron chi connectivity index (χ1n) is 6.61. The first kappa shape index (κ1) is 13.8. The minimum Gasteiger partial charge on any atom is -0.343 e. The van der Waals surface area contributed by atoms with Crippen molar-refractivity contribution in [1.29, 1.82) is 0 Å². The molecule has 0 spiro atoms. The Balaban J connectivity index is 2.17. The third-order valence-electron chi connectivity index (χ3n) is 3.44. The van der Waals surface area contributed by atoms with E-state index in [4.69, 9.17) is 11.6 Å². The zero-order chi connectivity index (χ0) is 11.8. The normalized spacial score (nSPS) is 17.8. The van der Waals surface area contributed by atoms with Crippen molar-refractivity contribution < 1.29 is 4.79 Å². The molecule has 0 radical (unpaired) electrons. The molecule has 0 aromatic rings. The second-order valence-electron chi connectivity index (χ2n) is 4.76. The third kappa shape index (κ3) is 4.73. The Kier molecular flexibility index (Phi) is 6.86. The van der Waals surface area contributed by atoms with Gasteiger partial charge in [0, 0.05) is 25.4 Å². The number of unbranched alkanes of at least 4 members (excludes halogenated alkanes) is 1. The molecule has 0 bridgehead atoms. The van der Waals surface area contributed by atoms with Crippen LogP contribution >= 0.6 is 11.6 Å². The van der Waals surface area contributed by atoms with Crippen molar-refractivity contribution >= 4 is 17.5 Å². The predicted octanol–water partition coefficient (Wildman–Crippen LogP) is 3.43. The highest BCUT2D eigenvalue weighted by Crippen LogP contribution is 2.22. The molecule has 1 heterocycles. The van der Waals surface area contributed by atoms with E-state index in [-0.39, 0.29) is 0 Å². The van der Waals surface area contributed by atoms with Gasteiger partial charge in [0.05, 0.1) is 0 Å². The lowest BCUT2D eigenvalue weighted by Crippen LogP contribution is -2.38. The van der Waals surface area contributed by atoms with Crippen molar-refractivity contribution in [1.82, 2.24) is 4.90 Å². The molecule has 0 saturated carbocycles. The average molecular weight is 246 g/mol. The van der Waals surface area contributed by atoms with Gasteiger partial charge in [-0.2, -0.15) is 0 Å². The van der Waals surface area contributed by atoms with Crippen LogP contribution in [-0.4, -0.2) is 29.8 Å². The van der Waals surface area contributed by atoms with Gasteiger partial charge in [-0.15, -0.1) is 11.6 Å². The van der Waals surface area contributed by atoms with Crippen molar-refractivity contribution in [2.45, 2.75) is 51.9 Å². The molecule has 1 rings (SSSR count). The van der Waals surface area contributed by atoms with Crippen molar-refractivity contribution in [2.24, 2.45) is 5.92 Å². The van der Waals surface area contributed by atoms with Gasteiger partial charge in [0.1, 0.15) is 0 Å². The van der Waals surface area contributed by atoms with Gasteiger partial charge < -0.3 is 4.90 Å². The zero-order valence-corrected chi connectivity index (χ0v) is 11.1. The van der Waals surface area contributed by atoms with E-state index < -0.39 is 0 Å². The van der Waals surface area contributed by atoms with Gasteiger partial charge in [0.15, 0.2) is 0 Å². The summed E-state index contributed by atoms with van der Waals surface area (Å²) in [6, 6.07) is 0. The van der Waals surface area contributed by atoms with Crippen LogP contribution in [0.2, 0.25) is 0 Å². The fourth-order valence-corrected chi connectivity index (χ4v) is 2.60. The molecule has 1 amide bonds. The minimum atomic E-state index is 0.333. The number of hydrogen-bond acceptors (Lipinski definition) is 1. The summed E-state index contributed by atoms with van der Waals surface area (Å²) in [6.07, 6.45) is 7.59. The van der Waals surface area contributed by atoms with E-state index in [1.54, 1.807) is 0 Å². The van der Waals surface area contributed by atoms with Gasteiger partial charge in [-0.1, -0.05) is 19.8 Å². The van der Waals surface area contributed by atoms with Crippen LogP contribution in [-0.2, 0) is 4.79 Å². The van der Waals surface area contributed by atoms with Crippen LogP contribution in [0.3, 0.4) is 0 Å². The molecule has 2 nitrogen and oxygen atoms in total. The summed E-state index contributed by atoms with van der Waals surface area (Å²) in [5, 5.41) is 0. The summed E-state index contributed by atoms with van der Waals surface area (Å²) >= 11 is 5.60. The van der Waals surface area contributed by atoms with Gasteiger partial charge in [-0.05, 0) is 31.6 Å². The van der Waals surface area contributed by atoms with E-state index in [1.807, 2.05) is 4.90 Å². The third-order valence-corrected chi connectivity index (χ3v) is 3.71. The molecule has 0 N–H and O–H groups in total. The lowest BCUT2D eigenvalue weighted by atomic mass is 9.92. The smallest absolute Gasteiger partial charge is 0.222 e. The SMILES string of the molecule is CCCC1CCN(C(=O)CCCCCl)CC1. The summed E-state index contributed by atoms with van der Waals surface area (Å²) in [5.74, 6) is 1.86. The summed E-state index contributed by atoms with van der Waals surface area (Å²) in [6.45, 7) is 4.19. The molecule has 1 fully saturated rings. The second-order valence-corrected chi connectivity index (χ2v) is 5.14. The van der Waals surface area contributed by atoms with E-state index in [1.165, 1.54) is 25.7 Å². The molecule has 3 heteroatoms. The topological polar surface area (TPSA) is 20.3 Å². The van der Waals surface area contributed by atoms with Crippen LogP contribution in [0.1, 0.15) is 51.9 Å². The van der Waals surface area contributed by atoms with Crippen LogP contribution in [0.15, 0.2) is 0 Å². The highest BCUT2D eigenvalue weighted by molar-refractivity contribution is 6.17. The first-order valence-corrected chi connectivity index (χ1v) is 7.15. The number of nitrogens with zero attached hydrogens (tertiary/aromatic N) is 1. The molecule has 0 aromatic heterocycles. The van der Waals surface area contributed by atoms with Crippen molar-refractivity contribution in [3.05, 3.63) is 0 Å². The zero-order valence-electron chi connectivity index (χ0n) is 10.4. The monoisotopic (exact) mass is 245 g/mol. The highest BCUT2D eigenvalue weighted by Gasteiger charge is 2.21. The van der Waals surface area contributed by atoms with Gasteiger partial charge >= 0.3 is 0 Å². The van der Waals surface area contributed by atoms with Crippen LogP contribution < -0.4 is 0 Å². The molecule has 0 atom stereocenters.